The first-order chi connectivity index (χ1) is 8.98. The summed E-state index contributed by atoms with van der Waals surface area (Å²) in [5.74, 6) is 0.779. The second-order valence-electron chi connectivity index (χ2n) is 4.16. The van der Waals surface area contributed by atoms with Crippen molar-refractivity contribution in [2.24, 2.45) is 0 Å². The molecule has 0 amide bonds. The smallest absolute Gasteiger partial charge is 0.246 e. The average molecular weight is 303 g/mol. The summed E-state index contributed by atoms with van der Waals surface area (Å²) in [7, 11) is -0.187. The number of nitrogens with one attached hydrogen (secondary N) is 1. The Morgan fingerprint density at radius 3 is 2.74 bits per heavy atom. The molecule has 19 heavy (non-hydrogen) atoms. The van der Waals surface area contributed by atoms with Gasteiger partial charge in [-0.3, -0.25) is 4.98 Å². The monoisotopic (exact) mass is 303 g/mol. The van der Waals surface area contributed by atoms with Crippen LogP contribution in [0, 0.1) is 0 Å². The van der Waals surface area contributed by atoms with Crippen molar-refractivity contribution in [3.05, 3.63) is 18.5 Å². The molecule has 0 spiro atoms. The first kappa shape index (κ1) is 16.3. The molecule has 0 radical (unpaired) electrons. The number of thioether (sulfide) groups is 1. The van der Waals surface area contributed by atoms with E-state index in [0.717, 1.165) is 12.2 Å². The molecule has 0 saturated carbocycles. The fourth-order valence-electron chi connectivity index (χ4n) is 1.82. The molecule has 0 aliphatic rings. The third-order valence-electron chi connectivity index (χ3n) is 3.06. The van der Waals surface area contributed by atoms with Crippen molar-refractivity contribution in [1.82, 2.24) is 9.29 Å². The van der Waals surface area contributed by atoms with E-state index < -0.39 is 10.0 Å². The minimum Gasteiger partial charge on any atom is -0.387 e. The van der Waals surface area contributed by atoms with Gasteiger partial charge in [0.25, 0.3) is 0 Å². The summed E-state index contributed by atoms with van der Waals surface area (Å²) in [6.07, 6.45) is 5.73. The Balaban J connectivity index is 3.15. The van der Waals surface area contributed by atoms with Gasteiger partial charge >= 0.3 is 0 Å². The zero-order valence-corrected chi connectivity index (χ0v) is 13.4. The van der Waals surface area contributed by atoms with Gasteiger partial charge in [0.2, 0.25) is 10.0 Å². The lowest BCUT2D eigenvalue weighted by Crippen LogP contribution is -2.38. The number of rotatable bonds is 7. The van der Waals surface area contributed by atoms with Crippen LogP contribution in [0.1, 0.15) is 13.3 Å². The van der Waals surface area contributed by atoms with Gasteiger partial charge in [-0.1, -0.05) is 6.92 Å². The molecule has 1 rings (SSSR count). The van der Waals surface area contributed by atoms with E-state index >= 15 is 0 Å². The molecule has 0 fully saturated rings. The van der Waals surface area contributed by atoms with E-state index in [1.54, 1.807) is 38.1 Å². The molecular formula is C12H21N3O2S2. The van der Waals surface area contributed by atoms with Crippen molar-refractivity contribution in [1.29, 1.82) is 0 Å². The SMILES string of the molecule is CCC(CSC)N(C)S(=O)(=O)c1cnccc1NC. The predicted octanol–water partition coefficient (Wildman–Crippen LogP) is 1.89. The Hall–Kier alpha value is -0.790. The third-order valence-corrected chi connectivity index (χ3v) is 5.71. The molecule has 1 unspecified atom stereocenters. The summed E-state index contributed by atoms with van der Waals surface area (Å²) in [4.78, 5) is 4.14. The topological polar surface area (TPSA) is 62.3 Å². The molecule has 0 aliphatic heterocycles. The number of aromatic nitrogens is 1. The summed E-state index contributed by atoms with van der Waals surface area (Å²) >= 11 is 1.65. The lowest BCUT2D eigenvalue weighted by atomic mass is 10.3. The van der Waals surface area contributed by atoms with Gasteiger partial charge in [-0.05, 0) is 18.7 Å². The van der Waals surface area contributed by atoms with Crippen LogP contribution in [0.15, 0.2) is 23.4 Å². The maximum atomic E-state index is 12.6. The lowest BCUT2D eigenvalue weighted by molar-refractivity contribution is 0.385. The normalized spacial score (nSPS) is 13.5. The van der Waals surface area contributed by atoms with E-state index in [4.69, 9.17) is 0 Å². The Labute approximate surface area is 119 Å². The second-order valence-corrected chi connectivity index (χ2v) is 7.04. The fraction of sp³-hybridized carbons (Fsp3) is 0.583. The number of hydrogen-bond donors (Lipinski definition) is 1. The van der Waals surface area contributed by atoms with Gasteiger partial charge < -0.3 is 5.32 Å². The maximum Gasteiger partial charge on any atom is 0.246 e. The first-order valence-electron chi connectivity index (χ1n) is 6.07. The van der Waals surface area contributed by atoms with Gasteiger partial charge in [0.05, 0.1) is 5.69 Å². The van der Waals surface area contributed by atoms with Crippen LogP contribution < -0.4 is 5.32 Å². The van der Waals surface area contributed by atoms with Crippen LogP contribution in [0.2, 0.25) is 0 Å². The van der Waals surface area contributed by atoms with Crippen molar-refractivity contribution >= 4 is 27.5 Å². The largest absolute Gasteiger partial charge is 0.387 e. The van der Waals surface area contributed by atoms with E-state index in [2.05, 4.69) is 10.3 Å². The van der Waals surface area contributed by atoms with Gasteiger partial charge in [-0.25, -0.2) is 8.42 Å². The number of nitrogens with zero attached hydrogens (tertiary/aromatic N) is 2. The molecule has 0 aliphatic carbocycles. The van der Waals surface area contributed by atoms with Crippen LogP contribution in [0.4, 0.5) is 5.69 Å². The highest BCUT2D eigenvalue weighted by Gasteiger charge is 2.28. The molecule has 1 heterocycles. The number of sulfonamides is 1. The summed E-state index contributed by atoms with van der Waals surface area (Å²) in [5, 5.41) is 2.89. The zero-order chi connectivity index (χ0) is 14.5. The minimum absolute atomic E-state index is 0.00934. The Morgan fingerprint density at radius 1 is 1.53 bits per heavy atom. The summed E-state index contributed by atoms with van der Waals surface area (Å²) < 4.78 is 26.7. The van der Waals surface area contributed by atoms with Crippen molar-refractivity contribution in [3.8, 4) is 0 Å². The van der Waals surface area contributed by atoms with Crippen LogP contribution in [0.3, 0.4) is 0 Å². The second kappa shape index (κ2) is 7.12. The van der Waals surface area contributed by atoms with E-state index in [1.165, 1.54) is 10.5 Å². The fourth-order valence-corrected chi connectivity index (χ4v) is 4.32. The lowest BCUT2D eigenvalue weighted by Gasteiger charge is -2.26. The maximum absolute atomic E-state index is 12.6. The van der Waals surface area contributed by atoms with Crippen molar-refractivity contribution < 1.29 is 8.42 Å². The van der Waals surface area contributed by atoms with Gasteiger partial charge in [0.1, 0.15) is 4.90 Å². The van der Waals surface area contributed by atoms with Crippen LogP contribution in [0.5, 0.6) is 0 Å². The molecule has 1 aromatic rings. The Bertz CT molecular complexity index is 505. The van der Waals surface area contributed by atoms with Crippen molar-refractivity contribution in [2.45, 2.75) is 24.3 Å². The van der Waals surface area contributed by atoms with E-state index in [9.17, 15) is 8.42 Å². The molecule has 0 bridgehead atoms. The molecule has 7 heteroatoms. The molecular weight excluding hydrogens is 282 g/mol. The zero-order valence-electron chi connectivity index (χ0n) is 11.8. The highest BCUT2D eigenvalue weighted by Crippen LogP contribution is 2.25. The first-order valence-corrected chi connectivity index (χ1v) is 8.91. The predicted molar refractivity (Wildman–Crippen MR) is 81.2 cm³/mol. The van der Waals surface area contributed by atoms with Crippen LogP contribution >= 0.6 is 11.8 Å². The molecule has 5 nitrogen and oxygen atoms in total. The summed E-state index contributed by atoms with van der Waals surface area (Å²) in [6, 6.07) is 1.65. The molecule has 108 valence electrons. The summed E-state index contributed by atoms with van der Waals surface area (Å²) in [6.45, 7) is 2.00. The van der Waals surface area contributed by atoms with E-state index in [-0.39, 0.29) is 10.9 Å². The quantitative estimate of drug-likeness (QED) is 0.833. The molecule has 1 N–H and O–H groups in total. The van der Waals surface area contributed by atoms with Crippen molar-refractivity contribution in [3.63, 3.8) is 0 Å². The van der Waals surface area contributed by atoms with Gasteiger partial charge in [-0.2, -0.15) is 16.1 Å². The standard InChI is InChI=1S/C12H21N3O2S2/c1-5-10(9-18-4)15(3)19(16,17)12-8-14-7-6-11(12)13-2/h6-8,10H,5,9H2,1-4H3,(H,13,14). The highest BCUT2D eigenvalue weighted by atomic mass is 32.2. The van der Waals surface area contributed by atoms with Crippen molar-refractivity contribution in [2.75, 3.05) is 31.4 Å². The van der Waals surface area contributed by atoms with Crippen LogP contribution in [-0.2, 0) is 10.0 Å². The Morgan fingerprint density at radius 2 is 2.21 bits per heavy atom. The van der Waals surface area contributed by atoms with Crippen LogP contribution in [-0.4, -0.2) is 49.9 Å². The van der Waals surface area contributed by atoms with E-state index in [0.29, 0.717) is 5.69 Å². The van der Waals surface area contributed by atoms with Gasteiger partial charge in [0.15, 0.2) is 0 Å². The number of hydrogen-bond acceptors (Lipinski definition) is 5. The molecule has 0 aromatic carbocycles. The molecule has 1 atom stereocenters. The molecule has 1 aromatic heterocycles. The number of pyridine rings is 1. The molecule has 0 saturated heterocycles. The van der Waals surface area contributed by atoms with Gasteiger partial charge in [0, 0.05) is 38.3 Å². The highest BCUT2D eigenvalue weighted by molar-refractivity contribution is 7.98. The van der Waals surface area contributed by atoms with Crippen LogP contribution in [0.25, 0.3) is 0 Å². The number of anilines is 1. The minimum atomic E-state index is -3.52. The Kier molecular flexibility index (Phi) is 6.09. The van der Waals surface area contributed by atoms with E-state index in [1.807, 2.05) is 13.2 Å². The summed E-state index contributed by atoms with van der Waals surface area (Å²) in [5.41, 5.74) is 0.570. The third kappa shape index (κ3) is 3.61. The van der Waals surface area contributed by atoms with Gasteiger partial charge in [-0.15, -0.1) is 0 Å². The average Bonchev–Trinajstić information content (AvgIpc) is 2.43.